The van der Waals surface area contributed by atoms with Gasteiger partial charge in [-0.3, -0.25) is 4.79 Å². The second-order valence-corrected chi connectivity index (χ2v) is 6.23. The van der Waals surface area contributed by atoms with Gasteiger partial charge in [-0.25, -0.2) is 0 Å². The number of aliphatic hydroxyl groups is 1. The zero-order chi connectivity index (χ0) is 15.2. The molecule has 1 amide bonds. The average Bonchev–Trinajstić information content (AvgIpc) is 2.99. The summed E-state index contributed by atoms with van der Waals surface area (Å²) >= 11 is 7.43. The van der Waals surface area contributed by atoms with Gasteiger partial charge in [0.25, 0.3) is 0 Å². The topological polar surface area (TPSA) is 49.3 Å². The second kappa shape index (κ2) is 7.59. The van der Waals surface area contributed by atoms with Crippen LogP contribution in [0.5, 0.6) is 0 Å². The van der Waals surface area contributed by atoms with Crippen molar-refractivity contribution in [2.45, 2.75) is 31.9 Å². The molecule has 1 aromatic heterocycles. The van der Waals surface area contributed by atoms with Crippen molar-refractivity contribution in [3.05, 3.63) is 57.2 Å². The highest BCUT2D eigenvalue weighted by Gasteiger charge is 2.17. The fourth-order valence-electron chi connectivity index (χ4n) is 2.10. The molecule has 21 heavy (non-hydrogen) atoms. The maximum atomic E-state index is 12.1. The first-order chi connectivity index (χ1) is 10.1. The minimum Gasteiger partial charge on any atom is -0.388 e. The first kappa shape index (κ1) is 16.0. The van der Waals surface area contributed by atoms with Crippen molar-refractivity contribution in [3.8, 4) is 0 Å². The van der Waals surface area contributed by atoms with E-state index >= 15 is 0 Å². The fourth-order valence-corrected chi connectivity index (χ4v) is 3.08. The highest BCUT2D eigenvalue weighted by molar-refractivity contribution is 7.10. The van der Waals surface area contributed by atoms with Crippen LogP contribution in [0.4, 0.5) is 0 Å². The Bertz CT molecular complexity index is 568. The lowest BCUT2D eigenvalue weighted by molar-refractivity contribution is -0.123. The van der Waals surface area contributed by atoms with Crippen molar-refractivity contribution in [3.63, 3.8) is 0 Å². The number of benzene rings is 1. The van der Waals surface area contributed by atoms with Crippen molar-refractivity contribution in [2.75, 3.05) is 0 Å². The van der Waals surface area contributed by atoms with E-state index in [-0.39, 0.29) is 18.4 Å². The largest absolute Gasteiger partial charge is 0.388 e. The van der Waals surface area contributed by atoms with Crippen LogP contribution in [-0.4, -0.2) is 11.0 Å². The molecule has 0 radical (unpaired) electrons. The first-order valence-electron chi connectivity index (χ1n) is 6.86. The molecular formula is C16H18ClNO2S. The monoisotopic (exact) mass is 323 g/mol. The summed E-state index contributed by atoms with van der Waals surface area (Å²) in [6, 6.07) is 10.9. The van der Waals surface area contributed by atoms with E-state index in [9.17, 15) is 9.90 Å². The third kappa shape index (κ3) is 4.56. The summed E-state index contributed by atoms with van der Waals surface area (Å²) < 4.78 is 0. The lowest BCUT2D eigenvalue weighted by atomic mass is 10.1. The van der Waals surface area contributed by atoms with Gasteiger partial charge in [0, 0.05) is 9.90 Å². The average molecular weight is 324 g/mol. The van der Waals surface area contributed by atoms with Crippen LogP contribution in [0.25, 0.3) is 0 Å². The molecule has 0 aliphatic rings. The van der Waals surface area contributed by atoms with Crippen LogP contribution in [0, 0.1) is 0 Å². The zero-order valence-corrected chi connectivity index (χ0v) is 13.3. The van der Waals surface area contributed by atoms with E-state index in [2.05, 4.69) is 5.32 Å². The summed E-state index contributed by atoms with van der Waals surface area (Å²) in [6.45, 7) is 2.03. The number of amides is 1. The molecule has 2 unspecified atom stereocenters. The Morgan fingerprint density at radius 3 is 2.62 bits per heavy atom. The number of carbonyl (C=O) groups is 1. The van der Waals surface area contributed by atoms with Gasteiger partial charge in [-0.1, -0.05) is 36.7 Å². The van der Waals surface area contributed by atoms with E-state index in [0.29, 0.717) is 10.6 Å². The summed E-state index contributed by atoms with van der Waals surface area (Å²) in [4.78, 5) is 13.2. The number of thiophene rings is 1. The third-order valence-electron chi connectivity index (χ3n) is 3.26. The van der Waals surface area contributed by atoms with Gasteiger partial charge in [-0.05, 0) is 35.6 Å². The normalized spacial score (nSPS) is 13.7. The molecular weight excluding hydrogens is 306 g/mol. The lowest BCUT2D eigenvalue weighted by Gasteiger charge is -2.17. The Hall–Kier alpha value is -1.36. The molecule has 5 heteroatoms. The van der Waals surface area contributed by atoms with Crippen molar-refractivity contribution in [2.24, 2.45) is 0 Å². The van der Waals surface area contributed by atoms with E-state index in [1.165, 1.54) is 0 Å². The van der Waals surface area contributed by atoms with Crippen LogP contribution in [0.2, 0.25) is 5.02 Å². The van der Waals surface area contributed by atoms with Crippen molar-refractivity contribution in [1.29, 1.82) is 0 Å². The predicted molar refractivity (Wildman–Crippen MR) is 86.5 cm³/mol. The highest BCUT2D eigenvalue weighted by Crippen LogP contribution is 2.23. The Morgan fingerprint density at radius 1 is 1.33 bits per heavy atom. The van der Waals surface area contributed by atoms with Crippen molar-refractivity contribution < 1.29 is 9.90 Å². The molecule has 1 heterocycles. The van der Waals surface area contributed by atoms with Crippen molar-refractivity contribution >= 4 is 28.8 Å². The van der Waals surface area contributed by atoms with Crippen LogP contribution in [0.3, 0.4) is 0 Å². The molecule has 1 aromatic carbocycles. The molecule has 0 aliphatic heterocycles. The van der Waals surface area contributed by atoms with E-state index < -0.39 is 6.10 Å². The minimum absolute atomic E-state index is 0.00918. The smallest absolute Gasteiger partial charge is 0.223 e. The van der Waals surface area contributed by atoms with E-state index in [1.54, 1.807) is 35.6 Å². The summed E-state index contributed by atoms with van der Waals surface area (Å²) in [5, 5.41) is 15.7. The Balaban J connectivity index is 1.93. The number of hydrogen-bond acceptors (Lipinski definition) is 3. The van der Waals surface area contributed by atoms with Crippen LogP contribution < -0.4 is 5.32 Å². The molecule has 2 aromatic rings. The molecule has 0 saturated heterocycles. The summed E-state index contributed by atoms with van der Waals surface area (Å²) in [7, 11) is 0. The van der Waals surface area contributed by atoms with Crippen molar-refractivity contribution in [1.82, 2.24) is 5.32 Å². The summed E-state index contributed by atoms with van der Waals surface area (Å²) in [5.74, 6) is -0.155. The van der Waals surface area contributed by atoms with Crippen LogP contribution in [0.15, 0.2) is 41.8 Å². The molecule has 0 fully saturated rings. The third-order valence-corrected chi connectivity index (χ3v) is 4.50. The molecule has 3 nitrogen and oxygen atoms in total. The highest BCUT2D eigenvalue weighted by atomic mass is 35.5. The van der Waals surface area contributed by atoms with Crippen LogP contribution in [0.1, 0.15) is 42.4 Å². The summed E-state index contributed by atoms with van der Waals surface area (Å²) in [6.07, 6.45) is 0.0513. The van der Waals surface area contributed by atoms with Gasteiger partial charge in [-0.15, -0.1) is 11.3 Å². The predicted octanol–water partition coefficient (Wildman–Crippen LogP) is 4.09. The Labute approximate surface area is 133 Å². The molecule has 0 aliphatic carbocycles. The van der Waals surface area contributed by atoms with E-state index in [1.807, 2.05) is 24.4 Å². The molecule has 0 spiro atoms. The van der Waals surface area contributed by atoms with Gasteiger partial charge < -0.3 is 10.4 Å². The lowest BCUT2D eigenvalue weighted by Crippen LogP contribution is -2.28. The standard InChI is InChI=1S/C16H18ClNO2S/c1-2-13(15-4-3-9-21-15)18-16(20)10-14(19)11-5-7-12(17)8-6-11/h3-9,13-14,19H,2,10H2,1H3,(H,18,20). The fraction of sp³-hybridized carbons (Fsp3) is 0.312. The molecule has 2 atom stereocenters. The van der Waals surface area contributed by atoms with Gasteiger partial charge in [0.05, 0.1) is 18.6 Å². The summed E-state index contributed by atoms with van der Waals surface area (Å²) in [5.41, 5.74) is 0.693. The van der Waals surface area contributed by atoms with Crippen LogP contribution in [-0.2, 0) is 4.79 Å². The van der Waals surface area contributed by atoms with Gasteiger partial charge in [-0.2, -0.15) is 0 Å². The Morgan fingerprint density at radius 2 is 2.05 bits per heavy atom. The quantitative estimate of drug-likeness (QED) is 0.841. The molecule has 2 N–H and O–H groups in total. The van der Waals surface area contributed by atoms with E-state index in [0.717, 1.165) is 11.3 Å². The number of rotatable bonds is 6. The molecule has 0 bridgehead atoms. The van der Waals surface area contributed by atoms with E-state index in [4.69, 9.17) is 11.6 Å². The molecule has 112 valence electrons. The second-order valence-electron chi connectivity index (χ2n) is 4.82. The molecule has 2 rings (SSSR count). The minimum atomic E-state index is -0.817. The number of carbonyl (C=O) groups excluding carboxylic acids is 1. The number of nitrogens with one attached hydrogen (secondary N) is 1. The number of aliphatic hydroxyl groups excluding tert-OH is 1. The Kier molecular flexibility index (Phi) is 5.79. The number of hydrogen-bond donors (Lipinski definition) is 2. The number of halogens is 1. The van der Waals surface area contributed by atoms with Gasteiger partial charge in [0.15, 0.2) is 0 Å². The van der Waals surface area contributed by atoms with Gasteiger partial charge in [0.2, 0.25) is 5.91 Å². The van der Waals surface area contributed by atoms with Gasteiger partial charge in [0.1, 0.15) is 0 Å². The SMILES string of the molecule is CCC(NC(=O)CC(O)c1ccc(Cl)cc1)c1cccs1. The van der Waals surface area contributed by atoms with Crippen LogP contribution >= 0.6 is 22.9 Å². The maximum absolute atomic E-state index is 12.1. The molecule has 0 saturated carbocycles. The van der Waals surface area contributed by atoms with Gasteiger partial charge >= 0.3 is 0 Å². The first-order valence-corrected chi connectivity index (χ1v) is 8.12. The maximum Gasteiger partial charge on any atom is 0.223 e. The zero-order valence-electron chi connectivity index (χ0n) is 11.8.